The molecule has 5 nitrogen and oxygen atoms in total. The van der Waals surface area contributed by atoms with Gasteiger partial charge in [0.1, 0.15) is 0 Å². The SMILES string of the molecule is COc1cc(C(=O)NCC(c2cccs2)N(C)C)ccc1OC(F)F. The summed E-state index contributed by atoms with van der Waals surface area (Å²) in [4.78, 5) is 15.5. The van der Waals surface area contributed by atoms with E-state index in [0.29, 0.717) is 12.1 Å². The van der Waals surface area contributed by atoms with Crippen LogP contribution in [-0.4, -0.2) is 45.2 Å². The second kappa shape index (κ2) is 8.77. The molecule has 2 rings (SSSR count). The van der Waals surface area contributed by atoms with Gasteiger partial charge in [-0.05, 0) is 43.7 Å². The van der Waals surface area contributed by atoms with Crippen LogP contribution in [0.2, 0.25) is 0 Å². The zero-order valence-electron chi connectivity index (χ0n) is 14.2. The molecule has 0 saturated carbocycles. The molecular weight excluding hydrogens is 350 g/mol. The van der Waals surface area contributed by atoms with E-state index in [4.69, 9.17) is 4.74 Å². The number of hydrogen-bond donors (Lipinski definition) is 1. The predicted octanol–water partition coefficient (Wildman–Crippen LogP) is 3.39. The summed E-state index contributed by atoms with van der Waals surface area (Å²) in [6.45, 7) is -2.54. The molecule has 0 aliphatic carbocycles. The van der Waals surface area contributed by atoms with Gasteiger partial charge in [0, 0.05) is 17.0 Å². The summed E-state index contributed by atoms with van der Waals surface area (Å²) in [7, 11) is 5.21. The van der Waals surface area contributed by atoms with Crippen LogP contribution in [0.25, 0.3) is 0 Å². The number of rotatable bonds is 8. The number of amides is 1. The van der Waals surface area contributed by atoms with E-state index in [1.54, 1.807) is 11.3 Å². The Bertz CT molecular complexity index is 693. The Labute approximate surface area is 149 Å². The highest BCUT2D eigenvalue weighted by atomic mass is 32.1. The minimum atomic E-state index is -2.96. The molecule has 0 aliphatic heterocycles. The van der Waals surface area contributed by atoms with Crippen LogP contribution in [0.15, 0.2) is 35.7 Å². The maximum absolute atomic E-state index is 12.4. The van der Waals surface area contributed by atoms with Crippen molar-refractivity contribution in [1.82, 2.24) is 10.2 Å². The molecule has 1 unspecified atom stereocenters. The van der Waals surface area contributed by atoms with E-state index < -0.39 is 6.61 Å². The van der Waals surface area contributed by atoms with E-state index in [0.717, 1.165) is 4.88 Å². The summed E-state index contributed by atoms with van der Waals surface area (Å²) < 4.78 is 34.1. The lowest BCUT2D eigenvalue weighted by Gasteiger charge is -2.23. The average molecular weight is 370 g/mol. The number of alkyl halides is 2. The molecule has 0 aliphatic rings. The molecule has 25 heavy (non-hydrogen) atoms. The van der Waals surface area contributed by atoms with Crippen molar-refractivity contribution in [2.75, 3.05) is 27.7 Å². The minimum Gasteiger partial charge on any atom is -0.493 e. The van der Waals surface area contributed by atoms with Crippen molar-refractivity contribution < 1.29 is 23.0 Å². The number of hydrogen-bond acceptors (Lipinski definition) is 5. The molecule has 0 spiro atoms. The van der Waals surface area contributed by atoms with Gasteiger partial charge >= 0.3 is 6.61 Å². The fraction of sp³-hybridized carbons (Fsp3) is 0.353. The molecule has 136 valence electrons. The first-order chi connectivity index (χ1) is 11.9. The lowest BCUT2D eigenvalue weighted by Crippen LogP contribution is -2.34. The smallest absolute Gasteiger partial charge is 0.387 e. The van der Waals surface area contributed by atoms with Crippen LogP contribution in [0, 0.1) is 0 Å². The van der Waals surface area contributed by atoms with Crippen LogP contribution in [0.3, 0.4) is 0 Å². The van der Waals surface area contributed by atoms with E-state index in [1.165, 1.54) is 25.3 Å². The minimum absolute atomic E-state index is 0.0484. The number of nitrogens with one attached hydrogen (secondary N) is 1. The molecule has 1 heterocycles. The number of halogens is 2. The lowest BCUT2D eigenvalue weighted by atomic mass is 10.1. The zero-order valence-corrected chi connectivity index (χ0v) is 15.0. The van der Waals surface area contributed by atoms with E-state index in [1.807, 2.05) is 36.5 Å². The summed E-state index contributed by atoms with van der Waals surface area (Å²) in [5.74, 6) is -0.348. The Morgan fingerprint density at radius 2 is 2.04 bits per heavy atom. The van der Waals surface area contributed by atoms with Crippen molar-refractivity contribution in [2.24, 2.45) is 0 Å². The summed E-state index contributed by atoms with van der Waals surface area (Å²) >= 11 is 1.62. The third-order valence-corrected chi connectivity index (χ3v) is 4.57. The van der Waals surface area contributed by atoms with Gasteiger partial charge in [0.15, 0.2) is 11.5 Å². The maximum atomic E-state index is 12.4. The molecule has 2 aromatic rings. The Hall–Kier alpha value is -2.19. The fourth-order valence-corrected chi connectivity index (χ4v) is 3.23. The third-order valence-electron chi connectivity index (χ3n) is 3.59. The number of nitrogens with zero attached hydrogens (tertiary/aromatic N) is 1. The highest BCUT2D eigenvalue weighted by Gasteiger charge is 2.18. The molecular formula is C17H20F2N2O3S. The quantitative estimate of drug-likeness (QED) is 0.774. The summed E-state index contributed by atoms with van der Waals surface area (Å²) in [5.41, 5.74) is 0.308. The summed E-state index contributed by atoms with van der Waals surface area (Å²) in [6, 6.07) is 8.12. The van der Waals surface area contributed by atoms with Crippen LogP contribution < -0.4 is 14.8 Å². The monoisotopic (exact) mass is 370 g/mol. The summed E-state index contributed by atoms with van der Waals surface area (Å²) in [6.07, 6.45) is 0. The number of carbonyl (C=O) groups excluding carboxylic acids is 1. The van der Waals surface area contributed by atoms with Gasteiger partial charge in [0.05, 0.1) is 13.2 Å². The zero-order chi connectivity index (χ0) is 18.4. The Morgan fingerprint density at radius 1 is 1.28 bits per heavy atom. The van der Waals surface area contributed by atoms with Gasteiger partial charge < -0.3 is 19.7 Å². The van der Waals surface area contributed by atoms with E-state index in [9.17, 15) is 13.6 Å². The molecule has 1 amide bonds. The Kier molecular flexibility index (Phi) is 6.72. The second-order valence-electron chi connectivity index (χ2n) is 5.45. The highest BCUT2D eigenvalue weighted by Crippen LogP contribution is 2.29. The Balaban J connectivity index is 2.07. The van der Waals surface area contributed by atoms with Crippen LogP contribution >= 0.6 is 11.3 Å². The van der Waals surface area contributed by atoms with Gasteiger partial charge in [-0.15, -0.1) is 11.3 Å². The van der Waals surface area contributed by atoms with Crippen molar-refractivity contribution in [3.63, 3.8) is 0 Å². The first-order valence-corrected chi connectivity index (χ1v) is 8.41. The standard InChI is InChI=1S/C17H20F2N2O3S/c1-21(2)12(15-5-4-8-25-15)10-20-16(22)11-6-7-13(24-17(18)19)14(9-11)23-3/h4-9,12,17H,10H2,1-3H3,(H,20,22). The highest BCUT2D eigenvalue weighted by molar-refractivity contribution is 7.10. The van der Waals surface area contributed by atoms with E-state index in [-0.39, 0.29) is 23.4 Å². The first-order valence-electron chi connectivity index (χ1n) is 7.53. The number of likely N-dealkylation sites (N-methyl/N-ethyl adjacent to an activating group) is 1. The average Bonchev–Trinajstić information content (AvgIpc) is 3.08. The number of methoxy groups -OCH3 is 1. The van der Waals surface area contributed by atoms with Gasteiger partial charge in [-0.2, -0.15) is 8.78 Å². The van der Waals surface area contributed by atoms with Gasteiger partial charge in [-0.25, -0.2) is 0 Å². The molecule has 0 saturated heterocycles. The molecule has 1 aromatic carbocycles. The number of benzene rings is 1. The van der Waals surface area contributed by atoms with Crippen LogP contribution in [0.5, 0.6) is 11.5 Å². The van der Waals surface area contributed by atoms with Crippen molar-refractivity contribution in [3.05, 3.63) is 46.2 Å². The van der Waals surface area contributed by atoms with Gasteiger partial charge in [0.2, 0.25) is 0 Å². The van der Waals surface area contributed by atoms with Crippen LogP contribution in [0.4, 0.5) is 8.78 Å². The van der Waals surface area contributed by atoms with Crippen molar-refractivity contribution in [3.8, 4) is 11.5 Å². The van der Waals surface area contributed by atoms with Gasteiger partial charge in [-0.3, -0.25) is 4.79 Å². The lowest BCUT2D eigenvalue weighted by molar-refractivity contribution is -0.0512. The van der Waals surface area contributed by atoms with Gasteiger partial charge in [0.25, 0.3) is 5.91 Å². The first kappa shape index (κ1) is 19.1. The second-order valence-corrected chi connectivity index (χ2v) is 6.43. The number of ether oxygens (including phenoxy) is 2. The maximum Gasteiger partial charge on any atom is 0.387 e. The fourth-order valence-electron chi connectivity index (χ4n) is 2.31. The van der Waals surface area contributed by atoms with Crippen molar-refractivity contribution >= 4 is 17.2 Å². The van der Waals surface area contributed by atoms with E-state index >= 15 is 0 Å². The van der Waals surface area contributed by atoms with Crippen molar-refractivity contribution in [2.45, 2.75) is 12.7 Å². The molecule has 1 N–H and O–H groups in total. The third kappa shape index (κ3) is 5.14. The molecule has 1 atom stereocenters. The van der Waals surface area contributed by atoms with Crippen LogP contribution in [0.1, 0.15) is 21.3 Å². The molecule has 1 aromatic heterocycles. The largest absolute Gasteiger partial charge is 0.493 e. The number of thiophene rings is 1. The molecule has 0 fully saturated rings. The van der Waals surface area contributed by atoms with E-state index in [2.05, 4.69) is 10.1 Å². The normalized spacial score (nSPS) is 12.3. The topological polar surface area (TPSA) is 50.8 Å². The number of carbonyl (C=O) groups is 1. The Morgan fingerprint density at radius 3 is 2.60 bits per heavy atom. The molecule has 0 bridgehead atoms. The van der Waals surface area contributed by atoms with Crippen LogP contribution in [-0.2, 0) is 0 Å². The molecule has 0 radical (unpaired) electrons. The molecule has 8 heteroatoms. The summed E-state index contributed by atoms with van der Waals surface area (Å²) in [5, 5.41) is 4.85. The predicted molar refractivity (Wildman–Crippen MR) is 92.7 cm³/mol. The van der Waals surface area contributed by atoms with Gasteiger partial charge in [-0.1, -0.05) is 6.07 Å². The van der Waals surface area contributed by atoms with Crippen molar-refractivity contribution in [1.29, 1.82) is 0 Å².